The second kappa shape index (κ2) is 17.8. The summed E-state index contributed by atoms with van der Waals surface area (Å²) in [5.74, 6) is -1.18. The Morgan fingerprint density at radius 3 is 2.06 bits per heavy atom. The molecule has 1 aliphatic heterocycles. The fraction of sp³-hybridized carbons (Fsp3) is 0.378. The second-order valence-corrected chi connectivity index (χ2v) is 14.9. The molecule has 3 N–H and O–H groups in total. The van der Waals surface area contributed by atoms with Gasteiger partial charge in [-0.3, -0.25) is 24.5 Å². The predicted molar refractivity (Wildman–Crippen MR) is 209 cm³/mol. The van der Waals surface area contributed by atoms with Crippen LogP contribution >= 0.6 is 0 Å². The van der Waals surface area contributed by atoms with Crippen LogP contribution in [0.1, 0.15) is 68.7 Å². The van der Waals surface area contributed by atoms with Gasteiger partial charge in [-0.1, -0.05) is 104 Å². The number of hydrogen-bond donors (Lipinski definition) is 3. The van der Waals surface area contributed by atoms with E-state index >= 15 is 0 Å². The summed E-state index contributed by atoms with van der Waals surface area (Å²) in [5.41, 5.74) is 2.94. The third-order valence-electron chi connectivity index (χ3n) is 11.2. The molecule has 6 rings (SSSR count). The Balaban J connectivity index is 1.26. The Labute approximate surface area is 318 Å². The number of rotatable bonds is 17. The highest BCUT2D eigenvalue weighted by Gasteiger charge is 2.52. The number of carbonyl (C=O) groups excluding carboxylic acids is 4. The van der Waals surface area contributed by atoms with Gasteiger partial charge in [-0.15, -0.1) is 0 Å². The molecule has 282 valence electrons. The van der Waals surface area contributed by atoms with Crippen LogP contribution in [-0.2, 0) is 32.0 Å². The first-order valence-electron chi connectivity index (χ1n) is 19.1. The van der Waals surface area contributed by atoms with E-state index in [0.717, 1.165) is 42.4 Å². The van der Waals surface area contributed by atoms with Crippen molar-refractivity contribution in [3.05, 3.63) is 132 Å². The molecule has 2 amide bonds. The molecule has 0 aromatic heterocycles. The molecule has 5 unspecified atom stereocenters. The van der Waals surface area contributed by atoms with E-state index in [1.54, 1.807) is 4.90 Å². The average molecular weight is 730 g/mol. The lowest BCUT2D eigenvalue weighted by Crippen LogP contribution is -2.52. The summed E-state index contributed by atoms with van der Waals surface area (Å²) in [6.45, 7) is 3.31. The van der Waals surface area contributed by atoms with Crippen molar-refractivity contribution in [2.24, 2.45) is 17.3 Å². The van der Waals surface area contributed by atoms with Crippen molar-refractivity contribution in [2.45, 2.75) is 77.1 Å². The fourth-order valence-corrected chi connectivity index (χ4v) is 8.34. The standard InChI is InChI=1S/C45H51N3O6/c1-31(49)39(47-44(53)45(24-12-13-25-45)26-27-46-32(2)50)29-34-20-22-36(23-21-34)48-42(35-16-8-4-9-17-35)41(40(51)30-54-37-18-10-5-11-19-37)38(43(48)52)28-33-14-6-3-7-15-33/h3-11,14-23,38-39,41-42,44,47,53H,12-13,24-30H2,1-2H3,(H,46,50). The van der Waals surface area contributed by atoms with Crippen LogP contribution in [0.25, 0.3) is 0 Å². The second-order valence-electron chi connectivity index (χ2n) is 14.9. The molecule has 1 heterocycles. The summed E-state index contributed by atoms with van der Waals surface area (Å²) in [7, 11) is 0. The Hall–Kier alpha value is -5.12. The summed E-state index contributed by atoms with van der Waals surface area (Å²) < 4.78 is 5.96. The van der Waals surface area contributed by atoms with E-state index < -0.39 is 35.6 Å². The number of para-hydroxylation sites is 1. The smallest absolute Gasteiger partial charge is 0.231 e. The molecule has 0 radical (unpaired) electrons. The van der Waals surface area contributed by atoms with Crippen LogP contribution in [0.4, 0.5) is 5.69 Å². The van der Waals surface area contributed by atoms with E-state index in [0.29, 0.717) is 37.2 Å². The van der Waals surface area contributed by atoms with Gasteiger partial charge in [0.05, 0.1) is 23.9 Å². The number of benzene rings is 4. The minimum Gasteiger partial charge on any atom is -0.486 e. The molecule has 1 aliphatic carbocycles. The Morgan fingerprint density at radius 2 is 1.44 bits per heavy atom. The van der Waals surface area contributed by atoms with Crippen molar-refractivity contribution < 1.29 is 29.0 Å². The number of hydrogen-bond acceptors (Lipinski definition) is 7. The highest BCUT2D eigenvalue weighted by Crippen LogP contribution is 2.47. The molecule has 54 heavy (non-hydrogen) atoms. The van der Waals surface area contributed by atoms with Gasteiger partial charge in [0, 0.05) is 24.6 Å². The SMILES string of the molecule is CC(=O)NCCC1(C(O)NC(Cc2ccc(N3C(=O)C(Cc4ccccc4)C(C(=O)COc4ccccc4)C3c3ccccc3)cc2)C(C)=O)CCCC1. The number of carbonyl (C=O) groups is 4. The maximum atomic E-state index is 14.7. The Kier molecular flexibility index (Phi) is 12.7. The maximum absolute atomic E-state index is 14.7. The van der Waals surface area contributed by atoms with Gasteiger partial charge in [0.2, 0.25) is 11.8 Å². The predicted octanol–water partition coefficient (Wildman–Crippen LogP) is 6.39. The van der Waals surface area contributed by atoms with Gasteiger partial charge in [-0.05, 0) is 80.0 Å². The molecule has 9 nitrogen and oxygen atoms in total. The molecule has 1 saturated heterocycles. The van der Waals surface area contributed by atoms with E-state index in [9.17, 15) is 24.3 Å². The molecule has 1 saturated carbocycles. The van der Waals surface area contributed by atoms with Crippen LogP contribution in [0.15, 0.2) is 115 Å². The molecule has 4 aromatic carbocycles. The van der Waals surface area contributed by atoms with Gasteiger partial charge >= 0.3 is 0 Å². The molecule has 2 fully saturated rings. The van der Waals surface area contributed by atoms with Crippen molar-refractivity contribution in [2.75, 3.05) is 18.1 Å². The summed E-state index contributed by atoms with van der Waals surface area (Å²) >= 11 is 0. The minimum atomic E-state index is -0.905. The van der Waals surface area contributed by atoms with Gasteiger partial charge in [0.1, 0.15) is 24.4 Å². The van der Waals surface area contributed by atoms with Crippen molar-refractivity contribution in [3.63, 3.8) is 0 Å². The zero-order valence-corrected chi connectivity index (χ0v) is 31.2. The zero-order valence-electron chi connectivity index (χ0n) is 31.2. The zero-order chi connectivity index (χ0) is 38.1. The third kappa shape index (κ3) is 9.14. The van der Waals surface area contributed by atoms with Crippen molar-refractivity contribution in [1.29, 1.82) is 0 Å². The van der Waals surface area contributed by atoms with Crippen LogP contribution in [-0.4, -0.2) is 53.9 Å². The van der Waals surface area contributed by atoms with Crippen LogP contribution in [0.5, 0.6) is 5.75 Å². The normalized spacial score (nSPS) is 20.3. The number of aliphatic hydroxyl groups is 1. The van der Waals surface area contributed by atoms with Gasteiger partial charge in [0.25, 0.3) is 0 Å². The molecule has 0 spiro atoms. The first-order valence-corrected chi connectivity index (χ1v) is 19.1. The molecular weight excluding hydrogens is 679 g/mol. The lowest BCUT2D eigenvalue weighted by Gasteiger charge is -2.37. The Bertz CT molecular complexity index is 1860. The number of nitrogens with one attached hydrogen (secondary N) is 2. The lowest BCUT2D eigenvalue weighted by atomic mass is 9.80. The van der Waals surface area contributed by atoms with Gasteiger partial charge < -0.3 is 20.1 Å². The topological polar surface area (TPSA) is 125 Å². The molecule has 4 aromatic rings. The number of Topliss-reactive ketones (excluding diaryl/α,β-unsaturated/α-hetero) is 2. The van der Waals surface area contributed by atoms with Crippen LogP contribution < -0.4 is 20.3 Å². The average Bonchev–Trinajstić information content (AvgIpc) is 3.78. The number of ether oxygens (including phenoxy) is 1. The lowest BCUT2D eigenvalue weighted by molar-refractivity contribution is -0.129. The first-order chi connectivity index (χ1) is 26.1. The van der Waals surface area contributed by atoms with Crippen molar-refractivity contribution in [3.8, 4) is 5.75 Å². The monoisotopic (exact) mass is 729 g/mol. The molecule has 2 aliphatic rings. The van der Waals surface area contributed by atoms with Crippen LogP contribution in [0.3, 0.4) is 0 Å². The Morgan fingerprint density at radius 1 is 0.833 bits per heavy atom. The summed E-state index contributed by atoms with van der Waals surface area (Å²) in [6.07, 6.45) is 4.08. The van der Waals surface area contributed by atoms with Gasteiger partial charge in [0.15, 0.2) is 5.78 Å². The number of anilines is 1. The summed E-state index contributed by atoms with van der Waals surface area (Å²) in [6, 6.07) is 35.1. The van der Waals surface area contributed by atoms with Gasteiger partial charge in [-0.2, -0.15) is 0 Å². The molecule has 9 heteroatoms. The van der Waals surface area contributed by atoms with Gasteiger partial charge in [-0.25, -0.2) is 0 Å². The van der Waals surface area contributed by atoms with Crippen LogP contribution in [0, 0.1) is 17.3 Å². The molecule has 0 bridgehead atoms. The molecular formula is C45H51N3O6. The summed E-state index contributed by atoms with van der Waals surface area (Å²) in [4.78, 5) is 55.1. The van der Waals surface area contributed by atoms with E-state index in [2.05, 4.69) is 10.6 Å². The van der Waals surface area contributed by atoms with Crippen LogP contribution in [0.2, 0.25) is 0 Å². The number of aliphatic hydroxyl groups excluding tert-OH is 1. The molecule has 5 atom stereocenters. The number of ketones is 2. The number of amides is 2. The first kappa shape index (κ1) is 38.6. The van der Waals surface area contributed by atoms with E-state index in [4.69, 9.17) is 4.74 Å². The van der Waals surface area contributed by atoms with Crippen molar-refractivity contribution >= 4 is 29.1 Å². The van der Waals surface area contributed by atoms with E-state index in [1.807, 2.05) is 115 Å². The quantitative estimate of drug-likeness (QED) is 0.108. The number of nitrogens with zero attached hydrogens (tertiary/aromatic N) is 1. The third-order valence-corrected chi connectivity index (χ3v) is 11.2. The van der Waals surface area contributed by atoms with E-state index in [1.165, 1.54) is 13.8 Å². The van der Waals surface area contributed by atoms with Crippen molar-refractivity contribution in [1.82, 2.24) is 10.6 Å². The van der Waals surface area contributed by atoms with E-state index in [-0.39, 0.29) is 30.0 Å². The fourth-order valence-electron chi connectivity index (χ4n) is 8.34. The highest BCUT2D eigenvalue weighted by molar-refractivity contribution is 6.04. The summed E-state index contributed by atoms with van der Waals surface area (Å²) in [5, 5.41) is 17.6. The maximum Gasteiger partial charge on any atom is 0.231 e. The largest absolute Gasteiger partial charge is 0.486 e. The minimum absolute atomic E-state index is 0.0881. The highest BCUT2D eigenvalue weighted by atomic mass is 16.5.